The lowest BCUT2D eigenvalue weighted by molar-refractivity contribution is -0.268. The molecule has 1 saturated heterocycles. The second kappa shape index (κ2) is 17.1. The number of carboxylic acid groups (broad SMARTS) is 1. The van der Waals surface area contributed by atoms with E-state index in [1.54, 1.807) is 19.1 Å². The van der Waals surface area contributed by atoms with Crippen molar-refractivity contribution in [3.63, 3.8) is 0 Å². The molecule has 256 valence electrons. The van der Waals surface area contributed by atoms with Gasteiger partial charge >= 0.3 is 18.0 Å². The molecule has 0 radical (unpaired) electrons. The van der Waals surface area contributed by atoms with E-state index in [1.807, 2.05) is 84.9 Å². The van der Waals surface area contributed by atoms with Gasteiger partial charge in [-0.25, -0.2) is 9.59 Å². The van der Waals surface area contributed by atoms with E-state index in [2.05, 4.69) is 17.6 Å². The molecular formula is C38H40N2O8S. The standard InChI is InChI=1S/C38H40N2O8S/c1-3-46-34(42)21-40-38(45)39-20-26-8-6-9-28(18-26)29-10-7-11-30(19-29)37-47-32(23-49-33-13-5-4-12-31(33)36(43)44)24(2)35(48-37)27-16-14-25(22-41)15-17-27/h4-19,24,32,35,37,41H,3,20-23H2,1-2H3,(H,43,44)(H2,39,40,45)/t24-,32+,35+,37+/m0/s1. The molecule has 4 aromatic rings. The van der Waals surface area contributed by atoms with Gasteiger partial charge in [-0.05, 0) is 59.0 Å². The number of aliphatic hydroxyl groups is 1. The number of thioether (sulfide) groups is 1. The van der Waals surface area contributed by atoms with Crippen LogP contribution in [0.15, 0.2) is 102 Å². The van der Waals surface area contributed by atoms with Crippen molar-refractivity contribution in [2.24, 2.45) is 5.92 Å². The molecule has 0 bridgehead atoms. The van der Waals surface area contributed by atoms with Crippen LogP contribution in [-0.4, -0.2) is 53.2 Å². The molecule has 4 atom stereocenters. The topological polar surface area (TPSA) is 143 Å². The van der Waals surface area contributed by atoms with E-state index in [1.165, 1.54) is 11.8 Å². The predicted octanol–water partition coefficient (Wildman–Crippen LogP) is 6.49. The lowest BCUT2D eigenvalue weighted by atomic mass is 9.91. The summed E-state index contributed by atoms with van der Waals surface area (Å²) in [5.41, 5.74) is 5.58. The van der Waals surface area contributed by atoms with Crippen LogP contribution in [0.4, 0.5) is 4.79 Å². The van der Waals surface area contributed by atoms with Crippen molar-refractivity contribution in [2.75, 3.05) is 18.9 Å². The number of nitrogens with one attached hydrogen (secondary N) is 2. The number of rotatable bonds is 13. The Hall–Kier alpha value is -4.68. The van der Waals surface area contributed by atoms with E-state index in [0.717, 1.165) is 33.4 Å². The monoisotopic (exact) mass is 684 g/mol. The number of benzene rings is 4. The molecule has 49 heavy (non-hydrogen) atoms. The third kappa shape index (κ3) is 9.48. The molecule has 0 unspecified atom stereocenters. The van der Waals surface area contributed by atoms with Crippen LogP contribution in [0, 0.1) is 5.92 Å². The summed E-state index contributed by atoms with van der Waals surface area (Å²) >= 11 is 1.45. The molecule has 4 N–H and O–H groups in total. The third-order valence-electron chi connectivity index (χ3n) is 8.21. The summed E-state index contributed by atoms with van der Waals surface area (Å²) in [4.78, 5) is 36.2. The number of urea groups is 1. The maximum absolute atomic E-state index is 12.2. The Bertz CT molecular complexity index is 1750. The van der Waals surface area contributed by atoms with Crippen molar-refractivity contribution >= 4 is 29.7 Å². The summed E-state index contributed by atoms with van der Waals surface area (Å²) in [6.45, 7) is 4.02. The van der Waals surface area contributed by atoms with Crippen LogP contribution in [0.25, 0.3) is 11.1 Å². The molecule has 2 amide bonds. The Balaban J connectivity index is 1.34. The zero-order valence-corrected chi connectivity index (χ0v) is 28.2. The van der Waals surface area contributed by atoms with Gasteiger partial charge in [-0.3, -0.25) is 4.79 Å². The molecule has 5 rings (SSSR count). The van der Waals surface area contributed by atoms with Crippen molar-refractivity contribution in [2.45, 2.75) is 50.4 Å². The Morgan fingerprint density at radius 1 is 0.837 bits per heavy atom. The van der Waals surface area contributed by atoms with E-state index in [9.17, 15) is 24.6 Å². The quantitative estimate of drug-likeness (QED) is 0.0918. The number of carboxylic acids is 1. The molecule has 11 heteroatoms. The molecule has 1 heterocycles. The van der Waals surface area contributed by atoms with Crippen LogP contribution >= 0.6 is 11.8 Å². The van der Waals surface area contributed by atoms with Crippen LogP contribution < -0.4 is 10.6 Å². The fourth-order valence-electron chi connectivity index (χ4n) is 5.59. The maximum Gasteiger partial charge on any atom is 0.336 e. The smallest absolute Gasteiger partial charge is 0.336 e. The van der Waals surface area contributed by atoms with Crippen LogP contribution in [0.2, 0.25) is 0 Å². The van der Waals surface area contributed by atoms with Crippen LogP contribution in [0.5, 0.6) is 0 Å². The Morgan fingerprint density at radius 3 is 2.31 bits per heavy atom. The molecule has 0 saturated carbocycles. The molecule has 4 aromatic carbocycles. The highest BCUT2D eigenvalue weighted by Gasteiger charge is 2.38. The van der Waals surface area contributed by atoms with Gasteiger partial charge in [-0.15, -0.1) is 11.8 Å². The largest absolute Gasteiger partial charge is 0.478 e. The minimum Gasteiger partial charge on any atom is -0.478 e. The molecule has 1 aliphatic rings. The van der Waals surface area contributed by atoms with Crippen molar-refractivity contribution in [1.82, 2.24) is 10.6 Å². The molecule has 0 spiro atoms. The lowest BCUT2D eigenvalue weighted by Crippen LogP contribution is -2.38. The maximum atomic E-state index is 12.2. The van der Waals surface area contributed by atoms with Crippen LogP contribution in [0.1, 0.15) is 58.9 Å². The van der Waals surface area contributed by atoms with E-state index in [4.69, 9.17) is 14.2 Å². The number of aromatic carboxylic acids is 1. The Morgan fingerprint density at radius 2 is 1.57 bits per heavy atom. The summed E-state index contributed by atoms with van der Waals surface area (Å²) in [7, 11) is 0. The highest BCUT2D eigenvalue weighted by atomic mass is 32.2. The number of ether oxygens (including phenoxy) is 3. The summed E-state index contributed by atoms with van der Waals surface area (Å²) in [6, 6.07) is 29.9. The summed E-state index contributed by atoms with van der Waals surface area (Å²) in [5, 5.41) is 24.5. The highest BCUT2D eigenvalue weighted by Crippen LogP contribution is 2.43. The predicted molar refractivity (Wildman–Crippen MR) is 186 cm³/mol. The van der Waals surface area contributed by atoms with Gasteiger partial charge in [-0.1, -0.05) is 79.7 Å². The van der Waals surface area contributed by atoms with Gasteiger partial charge in [0.1, 0.15) is 6.54 Å². The van der Waals surface area contributed by atoms with Crippen molar-refractivity contribution in [3.05, 3.63) is 125 Å². The Labute approximate surface area is 289 Å². The van der Waals surface area contributed by atoms with Gasteiger partial charge in [0.25, 0.3) is 0 Å². The summed E-state index contributed by atoms with van der Waals surface area (Å²) in [6.07, 6.45) is -1.30. The van der Waals surface area contributed by atoms with Gasteiger partial charge in [0, 0.05) is 28.7 Å². The number of esters is 1. The molecule has 1 aliphatic heterocycles. The van der Waals surface area contributed by atoms with Gasteiger partial charge in [0.15, 0.2) is 6.29 Å². The zero-order chi connectivity index (χ0) is 34.8. The SMILES string of the molecule is CCOC(=O)CNC(=O)NCc1cccc(-c2cccc([C@@H]3O[C@H](CSc4ccccc4C(=O)O)[C@H](C)[C@H](c4ccc(CO)cc4)O3)c2)c1. The fourth-order valence-corrected chi connectivity index (χ4v) is 6.80. The van der Waals surface area contributed by atoms with Gasteiger partial charge in [0.05, 0.1) is 31.0 Å². The van der Waals surface area contributed by atoms with Gasteiger partial charge < -0.3 is 35.1 Å². The summed E-state index contributed by atoms with van der Waals surface area (Å²) < 4.78 is 18.1. The molecule has 1 fully saturated rings. The second-order valence-electron chi connectivity index (χ2n) is 11.6. The molecule has 10 nitrogen and oxygen atoms in total. The average Bonchev–Trinajstić information content (AvgIpc) is 3.13. The minimum atomic E-state index is -0.974. The number of amides is 2. The number of aliphatic hydroxyl groups excluding tert-OH is 1. The number of carbonyl (C=O) groups is 3. The van der Waals surface area contributed by atoms with E-state index < -0.39 is 24.3 Å². The number of hydrogen-bond acceptors (Lipinski definition) is 8. The Kier molecular flexibility index (Phi) is 12.4. The van der Waals surface area contributed by atoms with E-state index >= 15 is 0 Å². The van der Waals surface area contributed by atoms with E-state index in [-0.39, 0.29) is 50.0 Å². The van der Waals surface area contributed by atoms with Crippen molar-refractivity contribution in [1.29, 1.82) is 0 Å². The normalized spacial score (nSPS) is 18.8. The van der Waals surface area contributed by atoms with Gasteiger partial charge in [0.2, 0.25) is 0 Å². The first-order valence-electron chi connectivity index (χ1n) is 16.1. The average molecular weight is 685 g/mol. The summed E-state index contributed by atoms with van der Waals surface area (Å²) in [5.74, 6) is -1.03. The molecule has 0 aliphatic carbocycles. The van der Waals surface area contributed by atoms with Crippen molar-refractivity contribution < 1.29 is 38.8 Å². The first-order valence-corrected chi connectivity index (χ1v) is 17.1. The molecular weight excluding hydrogens is 644 g/mol. The van der Waals surface area contributed by atoms with E-state index in [0.29, 0.717) is 10.6 Å². The number of carbonyl (C=O) groups excluding carboxylic acids is 2. The highest BCUT2D eigenvalue weighted by molar-refractivity contribution is 7.99. The first-order chi connectivity index (χ1) is 23.7. The third-order valence-corrected chi connectivity index (χ3v) is 9.38. The zero-order valence-electron chi connectivity index (χ0n) is 27.3. The van der Waals surface area contributed by atoms with Crippen LogP contribution in [0.3, 0.4) is 0 Å². The second-order valence-corrected chi connectivity index (χ2v) is 12.7. The number of hydrogen-bond donors (Lipinski definition) is 4. The minimum absolute atomic E-state index is 0.0535. The first kappa shape index (κ1) is 35.6. The van der Waals surface area contributed by atoms with Crippen molar-refractivity contribution in [3.8, 4) is 11.1 Å². The lowest BCUT2D eigenvalue weighted by Gasteiger charge is -2.41. The fraction of sp³-hybridized carbons (Fsp3) is 0.289. The molecule has 0 aromatic heterocycles. The van der Waals surface area contributed by atoms with Crippen LogP contribution in [-0.2, 0) is 32.2 Å². The van der Waals surface area contributed by atoms with Gasteiger partial charge in [-0.2, -0.15) is 0 Å².